The van der Waals surface area contributed by atoms with Gasteiger partial charge in [0.2, 0.25) is 0 Å². The van der Waals surface area contributed by atoms with Crippen molar-refractivity contribution >= 4 is 17.6 Å². The molecule has 0 aromatic heterocycles. The third kappa shape index (κ3) is 3.93. The maximum Gasteiger partial charge on any atom is 0.306 e. The van der Waals surface area contributed by atoms with Crippen LogP contribution in [0.4, 0.5) is 5.69 Å². The zero-order chi connectivity index (χ0) is 17.7. The van der Waals surface area contributed by atoms with E-state index in [1.807, 2.05) is 38.1 Å². The number of anilines is 1. The summed E-state index contributed by atoms with van der Waals surface area (Å²) in [5.74, 6) is -1.59. The molecule has 1 aliphatic heterocycles. The number of hydrogen-bond donors (Lipinski definition) is 2. The quantitative estimate of drug-likeness (QED) is 0.654. The van der Waals surface area contributed by atoms with Gasteiger partial charge < -0.3 is 15.3 Å². The smallest absolute Gasteiger partial charge is 0.306 e. The van der Waals surface area contributed by atoms with Gasteiger partial charge in [-0.15, -0.1) is 0 Å². The van der Waals surface area contributed by atoms with E-state index < -0.39 is 11.9 Å². The Morgan fingerprint density at radius 3 is 2.58 bits per heavy atom. The number of piperidine rings is 1. The minimum absolute atomic E-state index is 0.0182. The van der Waals surface area contributed by atoms with E-state index in [0.29, 0.717) is 25.9 Å². The highest BCUT2D eigenvalue weighted by atomic mass is 16.4. The number of nitrogens with one attached hydrogen (secondary N) is 1. The number of nitrogens with zero attached hydrogens (tertiary/aromatic N) is 2. The lowest BCUT2D eigenvalue weighted by Crippen LogP contribution is -2.40. The maximum absolute atomic E-state index is 12.4. The maximum atomic E-state index is 12.4. The van der Waals surface area contributed by atoms with Gasteiger partial charge in [-0.25, -0.2) is 0 Å². The molecule has 1 aromatic rings. The Hall–Kier alpha value is -2.81. The molecule has 0 radical (unpaired) electrons. The number of aliphatic carboxylic acids is 1. The van der Waals surface area contributed by atoms with Gasteiger partial charge in [-0.05, 0) is 43.9 Å². The average molecular weight is 327 g/mol. The van der Waals surface area contributed by atoms with Gasteiger partial charge in [0, 0.05) is 25.0 Å². The summed E-state index contributed by atoms with van der Waals surface area (Å²) < 4.78 is 0. The van der Waals surface area contributed by atoms with Crippen molar-refractivity contribution < 1.29 is 14.7 Å². The van der Waals surface area contributed by atoms with Crippen LogP contribution in [-0.2, 0) is 9.59 Å². The molecule has 0 aliphatic carbocycles. The lowest BCUT2D eigenvalue weighted by molar-refractivity contribution is -0.145. The number of amides is 1. The summed E-state index contributed by atoms with van der Waals surface area (Å²) in [6.45, 7) is 4.68. The van der Waals surface area contributed by atoms with Crippen LogP contribution in [0.5, 0.6) is 0 Å². The van der Waals surface area contributed by atoms with Crippen molar-refractivity contribution in [1.29, 1.82) is 5.26 Å². The number of carbonyl (C=O) groups excluding carboxylic acids is 1. The van der Waals surface area contributed by atoms with Gasteiger partial charge in [0.15, 0.2) is 0 Å². The van der Waals surface area contributed by atoms with Gasteiger partial charge >= 0.3 is 5.97 Å². The molecule has 0 atom stereocenters. The van der Waals surface area contributed by atoms with Crippen molar-refractivity contribution in [2.45, 2.75) is 26.7 Å². The van der Waals surface area contributed by atoms with E-state index in [4.69, 9.17) is 5.11 Å². The fourth-order valence-corrected chi connectivity index (χ4v) is 2.70. The van der Waals surface area contributed by atoms with Crippen molar-refractivity contribution in [3.63, 3.8) is 0 Å². The van der Waals surface area contributed by atoms with Crippen LogP contribution >= 0.6 is 0 Å². The van der Waals surface area contributed by atoms with Crippen LogP contribution in [0.3, 0.4) is 0 Å². The number of likely N-dealkylation sites (tertiary alicyclic amines) is 1. The lowest BCUT2D eigenvalue weighted by atomic mass is 9.97. The van der Waals surface area contributed by atoms with E-state index in [-0.39, 0.29) is 11.5 Å². The molecule has 2 rings (SSSR count). The largest absolute Gasteiger partial charge is 0.481 e. The molecule has 1 saturated heterocycles. The SMILES string of the molecule is Cc1cccc(N/C=C(/C#N)C(=O)N2CCC(C(=O)O)CC2)c1C. The molecule has 0 unspecified atom stereocenters. The topological polar surface area (TPSA) is 93.4 Å². The number of carboxylic acids is 1. The minimum Gasteiger partial charge on any atom is -0.481 e. The predicted octanol–water partition coefficient (Wildman–Crippen LogP) is 2.45. The minimum atomic E-state index is -0.824. The zero-order valence-corrected chi connectivity index (χ0v) is 13.9. The molecule has 1 heterocycles. The molecule has 1 aromatic carbocycles. The molecular weight excluding hydrogens is 306 g/mol. The molecule has 126 valence electrons. The average Bonchev–Trinajstić information content (AvgIpc) is 2.58. The van der Waals surface area contributed by atoms with E-state index in [1.54, 1.807) is 4.90 Å². The van der Waals surface area contributed by atoms with Gasteiger partial charge in [0.1, 0.15) is 11.6 Å². The van der Waals surface area contributed by atoms with E-state index in [1.165, 1.54) is 6.20 Å². The molecule has 2 N–H and O–H groups in total. The van der Waals surface area contributed by atoms with Crippen LogP contribution in [0, 0.1) is 31.1 Å². The second-order valence-corrected chi connectivity index (χ2v) is 5.97. The van der Waals surface area contributed by atoms with Gasteiger partial charge in [0.25, 0.3) is 5.91 Å². The van der Waals surface area contributed by atoms with Crippen molar-refractivity contribution in [1.82, 2.24) is 4.90 Å². The third-order valence-electron chi connectivity index (χ3n) is 4.46. The molecule has 24 heavy (non-hydrogen) atoms. The number of hydrogen-bond acceptors (Lipinski definition) is 4. The number of benzene rings is 1. The van der Waals surface area contributed by atoms with Gasteiger partial charge in [-0.3, -0.25) is 9.59 Å². The fraction of sp³-hybridized carbons (Fsp3) is 0.389. The predicted molar refractivity (Wildman–Crippen MR) is 90.2 cm³/mol. The monoisotopic (exact) mass is 327 g/mol. The van der Waals surface area contributed by atoms with Crippen molar-refractivity contribution in [2.24, 2.45) is 5.92 Å². The summed E-state index contributed by atoms with van der Waals surface area (Å²) in [6, 6.07) is 7.71. The van der Waals surface area contributed by atoms with Gasteiger partial charge in [-0.1, -0.05) is 12.1 Å². The summed E-state index contributed by atoms with van der Waals surface area (Å²) in [5, 5.41) is 21.3. The molecular formula is C18H21N3O3. The molecule has 1 amide bonds. The van der Waals surface area contributed by atoms with Crippen molar-refractivity contribution in [3.05, 3.63) is 41.1 Å². The zero-order valence-electron chi connectivity index (χ0n) is 13.9. The van der Waals surface area contributed by atoms with E-state index in [0.717, 1.165) is 16.8 Å². The molecule has 1 fully saturated rings. The number of rotatable bonds is 4. The highest BCUT2D eigenvalue weighted by Gasteiger charge is 2.28. The normalized spacial score (nSPS) is 15.7. The molecule has 6 heteroatoms. The van der Waals surface area contributed by atoms with Gasteiger partial charge in [-0.2, -0.15) is 5.26 Å². The lowest BCUT2D eigenvalue weighted by Gasteiger charge is -2.29. The second-order valence-electron chi connectivity index (χ2n) is 5.97. The fourth-order valence-electron chi connectivity index (χ4n) is 2.70. The number of nitriles is 1. The highest BCUT2D eigenvalue weighted by molar-refractivity contribution is 5.97. The number of aryl methyl sites for hydroxylation is 1. The third-order valence-corrected chi connectivity index (χ3v) is 4.46. The first kappa shape index (κ1) is 17.5. The van der Waals surface area contributed by atoms with Crippen LogP contribution in [0.2, 0.25) is 0 Å². The Morgan fingerprint density at radius 1 is 1.33 bits per heavy atom. The second kappa shape index (κ2) is 7.64. The number of carboxylic acid groups (broad SMARTS) is 1. The molecule has 0 saturated carbocycles. The Bertz CT molecular complexity index is 711. The highest BCUT2D eigenvalue weighted by Crippen LogP contribution is 2.20. The molecule has 0 bridgehead atoms. The molecule has 1 aliphatic rings. The summed E-state index contributed by atoms with van der Waals surface area (Å²) in [4.78, 5) is 24.9. The first-order valence-electron chi connectivity index (χ1n) is 7.89. The van der Waals surface area contributed by atoms with Crippen LogP contribution in [-0.4, -0.2) is 35.0 Å². The van der Waals surface area contributed by atoms with E-state index >= 15 is 0 Å². The van der Waals surface area contributed by atoms with Crippen molar-refractivity contribution in [2.75, 3.05) is 18.4 Å². The Labute approximate surface area is 141 Å². The standard InChI is InChI=1S/C18H21N3O3/c1-12-4-3-5-16(13(12)2)20-11-15(10-19)17(22)21-8-6-14(7-9-21)18(23)24/h3-5,11,14,20H,6-9H2,1-2H3,(H,23,24)/b15-11-. The van der Waals surface area contributed by atoms with Gasteiger partial charge in [0.05, 0.1) is 5.92 Å². The van der Waals surface area contributed by atoms with Crippen LogP contribution in [0.25, 0.3) is 0 Å². The van der Waals surface area contributed by atoms with Crippen LogP contribution < -0.4 is 5.32 Å². The molecule has 0 spiro atoms. The van der Waals surface area contributed by atoms with Crippen LogP contribution in [0.15, 0.2) is 30.0 Å². The van der Waals surface area contributed by atoms with E-state index in [2.05, 4.69) is 5.32 Å². The Kier molecular flexibility index (Phi) is 5.59. The van der Waals surface area contributed by atoms with Crippen LogP contribution in [0.1, 0.15) is 24.0 Å². The summed E-state index contributed by atoms with van der Waals surface area (Å²) >= 11 is 0. The van der Waals surface area contributed by atoms with Crippen molar-refractivity contribution in [3.8, 4) is 6.07 Å². The Balaban J connectivity index is 2.05. The molecule has 6 nitrogen and oxygen atoms in total. The first-order valence-corrected chi connectivity index (χ1v) is 7.89. The first-order chi connectivity index (χ1) is 11.4. The summed E-state index contributed by atoms with van der Waals surface area (Å²) in [7, 11) is 0. The van der Waals surface area contributed by atoms with E-state index in [9.17, 15) is 14.9 Å². The number of carbonyl (C=O) groups is 2. The Morgan fingerprint density at radius 2 is 2.00 bits per heavy atom. The summed E-state index contributed by atoms with van der Waals surface area (Å²) in [5.41, 5.74) is 3.04. The summed E-state index contributed by atoms with van der Waals surface area (Å²) in [6.07, 6.45) is 2.27.